The summed E-state index contributed by atoms with van der Waals surface area (Å²) in [5.41, 5.74) is -0.291. The molecule has 168 valence electrons. The minimum atomic E-state index is -2.20. The van der Waals surface area contributed by atoms with Gasteiger partial charge in [-0.15, -0.1) is 0 Å². The van der Waals surface area contributed by atoms with E-state index >= 15 is 0 Å². The van der Waals surface area contributed by atoms with Gasteiger partial charge in [-0.3, -0.25) is 9.59 Å². The molecule has 2 bridgehead atoms. The molecule has 4 saturated carbocycles. The summed E-state index contributed by atoms with van der Waals surface area (Å²) in [5, 5.41) is 3.06. The summed E-state index contributed by atoms with van der Waals surface area (Å²) in [6, 6.07) is 2.48. The molecule has 2 heterocycles. The van der Waals surface area contributed by atoms with E-state index in [0.717, 1.165) is 32.1 Å². The van der Waals surface area contributed by atoms with Crippen LogP contribution in [0.2, 0.25) is 0 Å². The van der Waals surface area contributed by atoms with E-state index < -0.39 is 6.04 Å². The second-order valence-electron chi connectivity index (χ2n) is 9.75. The number of nitrogens with one attached hydrogen (secondary N) is 1. The van der Waals surface area contributed by atoms with Gasteiger partial charge in [-0.25, -0.2) is 4.98 Å². The molecule has 9 heteroatoms. The molecular formula is C23H23FN2O6. The van der Waals surface area contributed by atoms with Crippen molar-refractivity contribution in [1.82, 2.24) is 10.3 Å². The number of fused-ring (bicyclic) bond motifs is 1. The van der Waals surface area contributed by atoms with Crippen molar-refractivity contribution in [1.29, 1.82) is 0 Å². The first-order valence-electron chi connectivity index (χ1n) is 10.9. The van der Waals surface area contributed by atoms with Crippen molar-refractivity contribution in [3.05, 3.63) is 36.0 Å². The smallest absolute Gasteiger partial charge is 0.404 e. The Morgan fingerprint density at radius 2 is 1.97 bits per heavy atom. The average Bonchev–Trinajstić information content (AvgIpc) is 3.31. The topological polar surface area (TPSA) is 99.9 Å². The highest BCUT2D eigenvalue weighted by Gasteiger charge is 2.68. The van der Waals surface area contributed by atoms with E-state index in [4.69, 9.17) is 18.6 Å². The Balaban J connectivity index is 0.972. The van der Waals surface area contributed by atoms with Crippen molar-refractivity contribution in [3.63, 3.8) is 0 Å². The minimum Gasteiger partial charge on any atom is -0.486 e. The molecular weight excluding hydrogens is 419 g/mol. The number of amides is 1. The Hall–Kier alpha value is -3.10. The van der Waals surface area contributed by atoms with Crippen LogP contribution in [0.1, 0.15) is 67.8 Å². The highest BCUT2D eigenvalue weighted by atomic mass is 19.2. The van der Waals surface area contributed by atoms with Gasteiger partial charge in [0.25, 0.3) is 5.91 Å². The maximum atomic E-state index is 13.8. The molecule has 1 N–H and O–H groups in total. The monoisotopic (exact) mass is 442 g/mol. The van der Waals surface area contributed by atoms with Gasteiger partial charge in [-0.05, 0) is 49.7 Å². The second-order valence-corrected chi connectivity index (χ2v) is 9.75. The lowest BCUT2D eigenvalue weighted by molar-refractivity contribution is -0.173. The minimum absolute atomic E-state index is 0.0121. The predicted octanol–water partition coefficient (Wildman–Crippen LogP) is 3.66. The molecule has 0 spiro atoms. The van der Waals surface area contributed by atoms with Crippen molar-refractivity contribution in [2.24, 2.45) is 5.41 Å². The molecule has 1 aromatic carbocycles. The molecule has 1 atom stereocenters. The van der Waals surface area contributed by atoms with Crippen molar-refractivity contribution in [3.8, 4) is 17.2 Å². The molecule has 1 amide bonds. The number of halogens is 1. The molecule has 0 radical (unpaired) electrons. The van der Waals surface area contributed by atoms with Gasteiger partial charge in [-0.1, -0.05) is 0 Å². The summed E-state index contributed by atoms with van der Waals surface area (Å²) < 4.78 is 34.9. The summed E-state index contributed by atoms with van der Waals surface area (Å²) in [5.74, 6) is 1.98. The van der Waals surface area contributed by atoms with Crippen LogP contribution in [0, 0.1) is 5.41 Å². The van der Waals surface area contributed by atoms with E-state index in [2.05, 4.69) is 10.3 Å². The summed E-state index contributed by atoms with van der Waals surface area (Å²) in [7, 11) is 0. The number of benzene rings is 1. The lowest BCUT2D eigenvalue weighted by Crippen LogP contribution is -2.75. The van der Waals surface area contributed by atoms with Crippen LogP contribution in [0.3, 0.4) is 0 Å². The zero-order valence-corrected chi connectivity index (χ0v) is 17.6. The summed E-state index contributed by atoms with van der Waals surface area (Å²) in [6.07, 6.45) is 6.37. The van der Waals surface area contributed by atoms with Gasteiger partial charge in [0.15, 0.2) is 23.2 Å². The molecule has 32 heavy (non-hydrogen) atoms. The van der Waals surface area contributed by atoms with Crippen molar-refractivity contribution >= 4 is 11.7 Å². The van der Waals surface area contributed by atoms with E-state index in [1.165, 1.54) is 19.2 Å². The van der Waals surface area contributed by atoms with E-state index in [-0.39, 0.29) is 40.8 Å². The van der Waals surface area contributed by atoms with Crippen LogP contribution in [0.4, 0.5) is 4.39 Å². The fourth-order valence-electron chi connectivity index (χ4n) is 5.32. The highest BCUT2D eigenvalue weighted by molar-refractivity contribution is 5.92. The number of hydrogen-bond acceptors (Lipinski definition) is 7. The Kier molecular flexibility index (Phi) is 3.95. The number of rotatable bonds is 8. The average molecular weight is 442 g/mol. The van der Waals surface area contributed by atoms with Crippen LogP contribution in [0.25, 0.3) is 0 Å². The third-order valence-corrected chi connectivity index (χ3v) is 6.66. The van der Waals surface area contributed by atoms with Crippen molar-refractivity contribution < 1.29 is 32.6 Å². The quantitative estimate of drug-likeness (QED) is 0.666. The third kappa shape index (κ3) is 3.40. The molecule has 8 nitrogen and oxygen atoms in total. The van der Waals surface area contributed by atoms with Gasteiger partial charge in [0, 0.05) is 30.9 Å². The maximum Gasteiger partial charge on any atom is 0.404 e. The largest absolute Gasteiger partial charge is 0.486 e. The van der Waals surface area contributed by atoms with E-state index in [0.29, 0.717) is 29.7 Å². The van der Waals surface area contributed by atoms with Gasteiger partial charge in [0.2, 0.25) is 5.76 Å². The number of ether oxygens (including phenoxy) is 3. The number of aromatic nitrogens is 1. The number of ketones is 1. The van der Waals surface area contributed by atoms with E-state index in [9.17, 15) is 14.0 Å². The number of Topliss-reactive ketones (excluding diaryl/α,β-unsaturated/α-hetero) is 1. The Bertz CT molecular complexity index is 1100. The van der Waals surface area contributed by atoms with Crippen LogP contribution in [-0.4, -0.2) is 34.9 Å². The number of nitrogens with zero attached hydrogens (tertiary/aromatic N) is 1. The molecule has 4 fully saturated rings. The number of carbonyl (C=O) groups is 2. The SMILES string of the molecule is CC1(F)Oc2ccc(OCC(=O)CC34CC(NC(=O)c5cnc(C6CC6)o5)(C3)C4)cc2O1. The maximum absolute atomic E-state index is 13.8. The normalized spacial score (nSPS) is 31.4. The van der Waals surface area contributed by atoms with Crippen molar-refractivity contribution in [2.45, 2.75) is 62.9 Å². The van der Waals surface area contributed by atoms with Crippen LogP contribution >= 0.6 is 0 Å². The Labute approximate surface area is 183 Å². The highest BCUT2D eigenvalue weighted by Crippen LogP contribution is 2.69. The molecule has 7 rings (SSSR count). The van der Waals surface area contributed by atoms with Gasteiger partial charge in [0.1, 0.15) is 12.4 Å². The first kappa shape index (κ1) is 19.6. The zero-order chi connectivity index (χ0) is 22.1. The molecule has 1 unspecified atom stereocenters. The standard InChI is InChI=1S/C23H23FN2O6/c1-21(24)31-16-5-4-15(6-17(16)32-21)29-9-14(27)7-22-10-23(11-22,12-22)26-19(28)18-8-25-20(30-18)13-2-3-13/h4-6,8,13H,2-3,7,9-12H2,1H3,(H,26,28). The van der Waals surface area contributed by atoms with Gasteiger partial charge in [0.05, 0.1) is 6.20 Å². The lowest BCUT2D eigenvalue weighted by Gasteiger charge is -2.70. The zero-order valence-electron chi connectivity index (χ0n) is 17.6. The van der Waals surface area contributed by atoms with E-state index in [1.54, 1.807) is 12.1 Å². The number of alkyl halides is 1. The number of carbonyl (C=O) groups excluding carboxylic acids is 2. The summed E-state index contributed by atoms with van der Waals surface area (Å²) in [6.45, 7) is 1.10. The van der Waals surface area contributed by atoms with Gasteiger partial charge < -0.3 is 23.9 Å². The predicted molar refractivity (Wildman–Crippen MR) is 107 cm³/mol. The first-order chi connectivity index (χ1) is 15.2. The number of oxazole rings is 1. The van der Waals surface area contributed by atoms with E-state index in [1.807, 2.05) is 0 Å². The van der Waals surface area contributed by atoms with Crippen LogP contribution in [0.15, 0.2) is 28.8 Å². The van der Waals surface area contributed by atoms with Gasteiger partial charge >= 0.3 is 6.04 Å². The van der Waals surface area contributed by atoms with Crippen LogP contribution in [0.5, 0.6) is 17.2 Å². The first-order valence-corrected chi connectivity index (χ1v) is 10.9. The molecule has 1 aromatic heterocycles. The second kappa shape index (κ2) is 6.46. The Morgan fingerprint density at radius 1 is 1.22 bits per heavy atom. The third-order valence-electron chi connectivity index (χ3n) is 6.66. The summed E-state index contributed by atoms with van der Waals surface area (Å²) >= 11 is 0. The summed E-state index contributed by atoms with van der Waals surface area (Å²) in [4.78, 5) is 29.1. The lowest BCUT2D eigenvalue weighted by atomic mass is 9.38. The van der Waals surface area contributed by atoms with Gasteiger partial charge in [-0.2, -0.15) is 4.39 Å². The molecule has 0 saturated heterocycles. The molecule has 2 aromatic rings. The number of hydrogen-bond donors (Lipinski definition) is 1. The molecule has 4 aliphatic carbocycles. The molecule has 5 aliphatic rings. The Morgan fingerprint density at radius 3 is 2.72 bits per heavy atom. The van der Waals surface area contributed by atoms with Crippen LogP contribution in [-0.2, 0) is 4.79 Å². The van der Waals surface area contributed by atoms with Crippen LogP contribution < -0.4 is 19.5 Å². The van der Waals surface area contributed by atoms with Crippen molar-refractivity contribution in [2.75, 3.05) is 6.61 Å². The fraction of sp³-hybridized carbons (Fsp3) is 0.522. The molecule has 1 aliphatic heterocycles. The fourth-order valence-corrected chi connectivity index (χ4v) is 5.32.